The predicted octanol–water partition coefficient (Wildman–Crippen LogP) is 2.91. The number of phenolic OH excluding ortho intramolecular Hbond substituents is 1. The van der Waals surface area contributed by atoms with Crippen molar-refractivity contribution in [2.45, 2.75) is 38.6 Å². The van der Waals surface area contributed by atoms with Gasteiger partial charge in [-0.25, -0.2) is 0 Å². The molecule has 0 bridgehead atoms. The van der Waals surface area contributed by atoms with Crippen molar-refractivity contribution in [2.24, 2.45) is 5.92 Å². The third-order valence-electron chi connectivity index (χ3n) is 4.07. The van der Waals surface area contributed by atoms with Crippen molar-refractivity contribution in [3.8, 4) is 11.8 Å². The van der Waals surface area contributed by atoms with Gasteiger partial charge in [-0.3, -0.25) is 4.79 Å². The Kier molecular flexibility index (Phi) is 5.42. The molecule has 1 amide bonds. The van der Waals surface area contributed by atoms with E-state index < -0.39 is 5.91 Å². The molecule has 0 spiro atoms. The standard InChI is InChI=1S/C17H21N3O2/c1-12-6-2-3-7-14(12)19-11-13(10-18)17(22)20-15-8-4-5-9-16(15)21/h4-5,8-9,11-12,14,19,21H,2-3,6-7H2,1H3,(H,20,22)/b13-11-. The predicted molar refractivity (Wildman–Crippen MR) is 85.0 cm³/mol. The molecule has 3 N–H and O–H groups in total. The number of carbonyl (C=O) groups is 1. The third kappa shape index (κ3) is 4.01. The number of hydrogen-bond acceptors (Lipinski definition) is 4. The van der Waals surface area contributed by atoms with E-state index in [0.29, 0.717) is 17.6 Å². The first-order chi connectivity index (χ1) is 10.6. The van der Waals surface area contributed by atoms with Crippen LogP contribution in [0.4, 0.5) is 5.69 Å². The van der Waals surface area contributed by atoms with Gasteiger partial charge in [0, 0.05) is 12.2 Å². The van der Waals surface area contributed by atoms with Crippen molar-refractivity contribution in [3.05, 3.63) is 36.0 Å². The van der Waals surface area contributed by atoms with Crippen LogP contribution in [0.2, 0.25) is 0 Å². The first-order valence-corrected chi connectivity index (χ1v) is 7.57. The van der Waals surface area contributed by atoms with Gasteiger partial charge in [-0.05, 0) is 30.9 Å². The lowest BCUT2D eigenvalue weighted by molar-refractivity contribution is -0.112. The maximum Gasteiger partial charge on any atom is 0.267 e. The molecule has 5 nitrogen and oxygen atoms in total. The zero-order valence-corrected chi connectivity index (χ0v) is 12.7. The number of hydrogen-bond donors (Lipinski definition) is 3. The quantitative estimate of drug-likeness (QED) is 0.453. The second-order valence-electron chi connectivity index (χ2n) is 5.68. The molecular formula is C17H21N3O2. The fourth-order valence-corrected chi connectivity index (χ4v) is 2.67. The Bertz CT molecular complexity index is 604. The van der Waals surface area contributed by atoms with Crippen molar-refractivity contribution < 1.29 is 9.90 Å². The topological polar surface area (TPSA) is 85.2 Å². The molecule has 2 atom stereocenters. The van der Waals surface area contributed by atoms with Crippen LogP contribution >= 0.6 is 0 Å². The smallest absolute Gasteiger partial charge is 0.267 e. The molecule has 1 fully saturated rings. The molecule has 0 radical (unpaired) electrons. The number of benzene rings is 1. The Balaban J connectivity index is 2.01. The average Bonchev–Trinajstić information content (AvgIpc) is 2.52. The Morgan fingerprint density at radius 3 is 2.77 bits per heavy atom. The molecule has 0 aromatic heterocycles. The third-order valence-corrected chi connectivity index (χ3v) is 4.07. The largest absolute Gasteiger partial charge is 0.506 e. The summed E-state index contributed by atoms with van der Waals surface area (Å²) in [5, 5.41) is 24.5. The molecule has 1 aliphatic rings. The molecule has 1 aromatic rings. The Labute approximate surface area is 130 Å². The van der Waals surface area contributed by atoms with Crippen molar-refractivity contribution >= 4 is 11.6 Å². The number of nitrogens with one attached hydrogen (secondary N) is 2. The van der Waals surface area contributed by atoms with Crippen LogP contribution in [0.1, 0.15) is 32.6 Å². The van der Waals surface area contributed by atoms with Gasteiger partial charge in [-0.1, -0.05) is 31.9 Å². The molecule has 0 aliphatic heterocycles. The highest BCUT2D eigenvalue weighted by Crippen LogP contribution is 2.24. The summed E-state index contributed by atoms with van der Waals surface area (Å²) < 4.78 is 0. The molecule has 0 heterocycles. The molecule has 5 heteroatoms. The van der Waals surface area contributed by atoms with Crippen molar-refractivity contribution in [1.29, 1.82) is 5.26 Å². The summed E-state index contributed by atoms with van der Waals surface area (Å²) >= 11 is 0. The highest BCUT2D eigenvalue weighted by molar-refractivity contribution is 6.07. The maximum absolute atomic E-state index is 12.1. The van der Waals surface area contributed by atoms with E-state index in [2.05, 4.69) is 17.6 Å². The second kappa shape index (κ2) is 7.51. The van der Waals surface area contributed by atoms with Gasteiger partial charge in [0.05, 0.1) is 5.69 Å². The number of carbonyl (C=O) groups excluding carboxylic acids is 1. The van der Waals surface area contributed by atoms with E-state index in [4.69, 9.17) is 5.26 Å². The fourth-order valence-electron chi connectivity index (χ4n) is 2.67. The summed E-state index contributed by atoms with van der Waals surface area (Å²) in [6.07, 6.45) is 6.11. The van der Waals surface area contributed by atoms with E-state index in [1.165, 1.54) is 25.1 Å². The Morgan fingerprint density at radius 1 is 1.36 bits per heavy atom. The van der Waals surface area contributed by atoms with Gasteiger partial charge in [0.2, 0.25) is 0 Å². The van der Waals surface area contributed by atoms with Crippen LogP contribution in [-0.2, 0) is 4.79 Å². The summed E-state index contributed by atoms with van der Waals surface area (Å²) in [4.78, 5) is 12.1. The molecule has 116 valence electrons. The zero-order chi connectivity index (χ0) is 15.9. The van der Waals surface area contributed by atoms with Crippen LogP contribution in [0.25, 0.3) is 0 Å². The summed E-state index contributed by atoms with van der Waals surface area (Å²) in [7, 11) is 0. The number of phenols is 1. The summed E-state index contributed by atoms with van der Waals surface area (Å²) in [6.45, 7) is 2.18. The summed E-state index contributed by atoms with van der Waals surface area (Å²) in [5.41, 5.74) is 0.292. The lowest BCUT2D eigenvalue weighted by Crippen LogP contribution is -2.34. The number of amides is 1. The van der Waals surface area contributed by atoms with Crippen molar-refractivity contribution in [1.82, 2.24) is 5.32 Å². The van der Waals surface area contributed by atoms with E-state index in [1.54, 1.807) is 18.2 Å². The van der Waals surface area contributed by atoms with Gasteiger partial charge in [0.1, 0.15) is 17.4 Å². The highest BCUT2D eigenvalue weighted by atomic mass is 16.3. The van der Waals surface area contributed by atoms with E-state index in [1.807, 2.05) is 6.07 Å². The normalized spacial score (nSPS) is 21.7. The zero-order valence-electron chi connectivity index (χ0n) is 12.7. The van der Waals surface area contributed by atoms with Crippen molar-refractivity contribution in [3.63, 3.8) is 0 Å². The van der Waals surface area contributed by atoms with Gasteiger partial charge in [-0.2, -0.15) is 5.26 Å². The molecule has 2 unspecified atom stereocenters. The number of aromatic hydroxyl groups is 1. The number of para-hydroxylation sites is 2. The highest BCUT2D eigenvalue weighted by Gasteiger charge is 2.20. The van der Waals surface area contributed by atoms with Gasteiger partial charge in [0.25, 0.3) is 5.91 Å². The second-order valence-corrected chi connectivity index (χ2v) is 5.68. The molecule has 1 aromatic carbocycles. The number of rotatable bonds is 4. The van der Waals surface area contributed by atoms with Crippen LogP contribution in [-0.4, -0.2) is 17.1 Å². The van der Waals surface area contributed by atoms with Gasteiger partial charge in [0.15, 0.2) is 0 Å². The van der Waals surface area contributed by atoms with Gasteiger partial charge in [-0.15, -0.1) is 0 Å². The molecular weight excluding hydrogens is 278 g/mol. The molecule has 1 saturated carbocycles. The molecule has 0 saturated heterocycles. The number of anilines is 1. The Morgan fingerprint density at radius 2 is 2.09 bits per heavy atom. The molecule has 1 aliphatic carbocycles. The minimum Gasteiger partial charge on any atom is -0.506 e. The van der Waals surface area contributed by atoms with E-state index in [9.17, 15) is 9.90 Å². The van der Waals surface area contributed by atoms with E-state index >= 15 is 0 Å². The first kappa shape index (κ1) is 15.9. The maximum atomic E-state index is 12.1. The first-order valence-electron chi connectivity index (χ1n) is 7.57. The minimum absolute atomic E-state index is 0.000950. The molecule has 22 heavy (non-hydrogen) atoms. The molecule has 2 rings (SSSR count). The SMILES string of the molecule is CC1CCCCC1N/C=C(/C#N)C(=O)Nc1ccccc1O. The minimum atomic E-state index is -0.528. The monoisotopic (exact) mass is 299 g/mol. The van der Waals surface area contributed by atoms with Crippen molar-refractivity contribution in [2.75, 3.05) is 5.32 Å². The number of nitrogens with zero attached hydrogens (tertiary/aromatic N) is 1. The Hall–Kier alpha value is -2.48. The van der Waals surface area contributed by atoms with Gasteiger partial charge >= 0.3 is 0 Å². The van der Waals surface area contributed by atoms with E-state index in [-0.39, 0.29) is 11.3 Å². The lowest BCUT2D eigenvalue weighted by atomic mass is 9.86. The van der Waals surface area contributed by atoms with Crippen LogP contribution in [0.15, 0.2) is 36.0 Å². The van der Waals surface area contributed by atoms with Crippen LogP contribution in [0.3, 0.4) is 0 Å². The summed E-state index contributed by atoms with van der Waals surface area (Å²) in [6, 6.07) is 8.63. The fraction of sp³-hybridized carbons (Fsp3) is 0.412. The van der Waals surface area contributed by atoms with Crippen LogP contribution < -0.4 is 10.6 Å². The van der Waals surface area contributed by atoms with Gasteiger partial charge < -0.3 is 15.7 Å². The van der Waals surface area contributed by atoms with Crippen LogP contribution in [0, 0.1) is 17.2 Å². The average molecular weight is 299 g/mol. The lowest BCUT2D eigenvalue weighted by Gasteiger charge is -2.29. The van der Waals surface area contributed by atoms with E-state index in [0.717, 1.165) is 12.8 Å². The van der Waals surface area contributed by atoms with Crippen LogP contribution in [0.5, 0.6) is 5.75 Å². The number of nitriles is 1. The summed E-state index contributed by atoms with van der Waals surface area (Å²) in [5.74, 6) is -0.0202.